The van der Waals surface area contributed by atoms with Gasteiger partial charge in [-0.15, -0.1) is 0 Å². The average molecular weight is 195 g/mol. The van der Waals surface area contributed by atoms with Crippen LogP contribution in [0.5, 0.6) is 0 Å². The van der Waals surface area contributed by atoms with Crippen LogP contribution in [0.1, 0.15) is 36.3 Å². The van der Waals surface area contributed by atoms with Gasteiger partial charge in [-0.3, -0.25) is 4.79 Å². The van der Waals surface area contributed by atoms with E-state index in [9.17, 15) is 4.79 Å². The Morgan fingerprint density at radius 3 is 2.86 bits per heavy atom. The number of rotatable bonds is 2. The van der Waals surface area contributed by atoms with Crippen molar-refractivity contribution in [3.05, 3.63) is 11.3 Å². The number of carbonyl (C=O) groups is 1. The van der Waals surface area contributed by atoms with Gasteiger partial charge in [-0.25, -0.2) is 0 Å². The van der Waals surface area contributed by atoms with Crippen LogP contribution in [0.3, 0.4) is 0 Å². The van der Waals surface area contributed by atoms with Gasteiger partial charge in [-0.2, -0.15) is 0 Å². The molecule has 1 aromatic rings. The number of carbonyl (C=O) groups excluding carboxylic acids is 1. The van der Waals surface area contributed by atoms with Gasteiger partial charge in [0.05, 0.1) is 5.69 Å². The summed E-state index contributed by atoms with van der Waals surface area (Å²) < 4.78 is 5.06. The lowest BCUT2D eigenvalue weighted by atomic mass is 10.1. The number of aromatic nitrogens is 1. The molecule has 2 rings (SSSR count). The maximum atomic E-state index is 11.6. The van der Waals surface area contributed by atoms with Gasteiger partial charge in [0.1, 0.15) is 11.7 Å². The first-order valence-corrected chi connectivity index (χ1v) is 4.82. The molecule has 5 nitrogen and oxygen atoms in total. The summed E-state index contributed by atoms with van der Waals surface area (Å²) >= 11 is 0. The maximum absolute atomic E-state index is 11.6. The van der Waals surface area contributed by atoms with E-state index in [0.29, 0.717) is 23.6 Å². The van der Waals surface area contributed by atoms with Gasteiger partial charge in [-0.1, -0.05) is 19.0 Å². The van der Waals surface area contributed by atoms with E-state index >= 15 is 0 Å². The summed E-state index contributed by atoms with van der Waals surface area (Å²) in [6, 6.07) is 0. The lowest BCUT2D eigenvalue weighted by Crippen LogP contribution is -2.44. The Kier molecular flexibility index (Phi) is 2.15. The van der Waals surface area contributed by atoms with Crippen molar-refractivity contribution in [2.45, 2.75) is 32.9 Å². The number of aryl methyl sites for hydroxylation is 1. The van der Waals surface area contributed by atoms with Crippen LogP contribution in [-0.2, 0) is 6.42 Å². The van der Waals surface area contributed by atoms with Gasteiger partial charge in [0.25, 0.3) is 5.91 Å². The van der Waals surface area contributed by atoms with E-state index < -0.39 is 0 Å². The summed E-state index contributed by atoms with van der Waals surface area (Å²) in [5.74, 6) is 0.404. The van der Waals surface area contributed by atoms with Crippen LogP contribution in [0, 0.1) is 0 Å². The third kappa shape index (κ3) is 1.25. The highest BCUT2D eigenvalue weighted by atomic mass is 16.5. The molecule has 0 bridgehead atoms. The van der Waals surface area contributed by atoms with Crippen LogP contribution in [0.25, 0.3) is 0 Å². The topological polar surface area (TPSA) is 67.2 Å². The Labute approximate surface area is 81.8 Å². The van der Waals surface area contributed by atoms with Gasteiger partial charge in [-0.05, 0) is 12.8 Å². The SMILES string of the molecule is CCc1noc2c1C(=O)NC(CC)N2. The van der Waals surface area contributed by atoms with E-state index in [0.717, 1.165) is 6.42 Å². The molecule has 1 atom stereocenters. The highest BCUT2D eigenvalue weighted by Gasteiger charge is 2.29. The Hall–Kier alpha value is -1.52. The third-order valence-corrected chi connectivity index (χ3v) is 2.34. The minimum absolute atomic E-state index is 0.0485. The van der Waals surface area contributed by atoms with Gasteiger partial charge in [0, 0.05) is 0 Å². The van der Waals surface area contributed by atoms with Gasteiger partial charge in [0.2, 0.25) is 5.88 Å². The third-order valence-electron chi connectivity index (χ3n) is 2.34. The minimum atomic E-state index is -0.0938. The Balaban J connectivity index is 2.37. The van der Waals surface area contributed by atoms with E-state index in [4.69, 9.17) is 4.52 Å². The quantitative estimate of drug-likeness (QED) is 0.742. The molecule has 2 heterocycles. The standard InChI is InChI=1S/C9H13N3O2/c1-3-5-7-8(13)10-6(4-2)11-9(7)14-12-5/h6,11H,3-4H2,1-2H3,(H,10,13). The summed E-state index contributed by atoms with van der Waals surface area (Å²) in [4.78, 5) is 11.6. The van der Waals surface area contributed by atoms with Crippen LogP contribution in [0.4, 0.5) is 5.88 Å². The molecule has 0 spiro atoms. The summed E-state index contributed by atoms with van der Waals surface area (Å²) in [6.07, 6.45) is 1.46. The van der Waals surface area contributed by atoms with Crippen molar-refractivity contribution in [1.82, 2.24) is 10.5 Å². The minimum Gasteiger partial charge on any atom is -0.338 e. The molecular weight excluding hydrogens is 182 g/mol. The van der Waals surface area contributed by atoms with Crippen LogP contribution < -0.4 is 10.6 Å². The summed E-state index contributed by atoms with van der Waals surface area (Å²) in [5.41, 5.74) is 1.26. The first-order valence-electron chi connectivity index (χ1n) is 4.82. The van der Waals surface area contributed by atoms with Crippen molar-refractivity contribution in [2.24, 2.45) is 0 Å². The van der Waals surface area contributed by atoms with Crippen molar-refractivity contribution >= 4 is 11.8 Å². The molecule has 1 aliphatic heterocycles. The Bertz CT molecular complexity index is 359. The van der Waals surface area contributed by atoms with E-state index in [1.807, 2.05) is 13.8 Å². The molecule has 0 radical (unpaired) electrons. The smallest absolute Gasteiger partial charge is 0.260 e. The summed E-state index contributed by atoms with van der Waals surface area (Å²) in [7, 11) is 0. The molecule has 1 aromatic heterocycles. The maximum Gasteiger partial charge on any atom is 0.260 e. The van der Waals surface area contributed by atoms with Crippen molar-refractivity contribution in [3.63, 3.8) is 0 Å². The van der Waals surface area contributed by atoms with Gasteiger partial charge < -0.3 is 15.2 Å². The zero-order valence-corrected chi connectivity index (χ0v) is 8.26. The number of anilines is 1. The monoisotopic (exact) mass is 195 g/mol. The second-order valence-electron chi connectivity index (χ2n) is 3.27. The van der Waals surface area contributed by atoms with Gasteiger partial charge in [0.15, 0.2) is 0 Å². The number of hydrogen-bond acceptors (Lipinski definition) is 4. The van der Waals surface area contributed by atoms with E-state index in [2.05, 4.69) is 15.8 Å². The molecule has 76 valence electrons. The molecule has 5 heteroatoms. The molecule has 1 amide bonds. The molecule has 0 fully saturated rings. The first kappa shape index (κ1) is 9.05. The molecule has 14 heavy (non-hydrogen) atoms. The Morgan fingerprint density at radius 1 is 1.43 bits per heavy atom. The number of nitrogens with zero attached hydrogens (tertiary/aromatic N) is 1. The fourth-order valence-corrected chi connectivity index (χ4v) is 1.53. The molecule has 0 saturated carbocycles. The first-order chi connectivity index (χ1) is 6.76. The van der Waals surface area contributed by atoms with Crippen molar-refractivity contribution in [2.75, 3.05) is 5.32 Å². The van der Waals surface area contributed by atoms with Crippen molar-refractivity contribution in [3.8, 4) is 0 Å². The van der Waals surface area contributed by atoms with E-state index in [-0.39, 0.29) is 12.1 Å². The van der Waals surface area contributed by atoms with E-state index in [1.54, 1.807) is 0 Å². The number of nitrogens with one attached hydrogen (secondary N) is 2. The van der Waals surface area contributed by atoms with Gasteiger partial charge >= 0.3 is 0 Å². The lowest BCUT2D eigenvalue weighted by molar-refractivity contribution is 0.0932. The Morgan fingerprint density at radius 2 is 2.21 bits per heavy atom. The molecule has 2 N–H and O–H groups in total. The predicted octanol–water partition coefficient (Wildman–Crippen LogP) is 1.13. The largest absolute Gasteiger partial charge is 0.338 e. The second-order valence-corrected chi connectivity index (χ2v) is 3.27. The zero-order chi connectivity index (χ0) is 10.1. The van der Waals surface area contributed by atoms with Crippen molar-refractivity contribution < 1.29 is 9.32 Å². The van der Waals surface area contributed by atoms with Crippen LogP contribution in [0.15, 0.2) is 4.52 Å². The van der Waals surface area contributed by atoms with Crippen LogP contribution in [-0.4, -0.2) is 17.2 Å². The summed E-state index contributed by atoms with van der Waals surface area (Å²) in [6.45, 7) is 3.93. The van der Waals surface area contributed by atoms with E-state index in [1.165, 1.54) is 0 Å². The number of fused-ring (bicyclic) bond motifs is 1. The highest BCUT2D eigenvalue weighted by molar-refractivity contribution is 6.01. The predicted molar refractivity (Wildman–Crippen MR) is 51.0 cm³/mol. The summed E-state index contributed by atoms with van der Waals surface area (Å²) in [5, 5.41) is 9.74. The lowest BCUT2D eigenvalue weighted by Gasteiger charge is -2.22. The molecule has 1 unspecified atom stereocenters. The normalized spacial score (nSPS) is 19.9. The van der Waals surface area contributed by atoms with Crippen LogP contribution >= 0.6 is 0 Å². The average Bonchev–Trinajstić information content (AvgIpc) is 2.61. The molecule has 0 saturated heterocycles. The fourth-order valence-electron chi connectivity index (χ4n) is 1.53. The molecular formula is C9H13N3O2. The molecule has 1 aliphatic rings. The number of hydrogen-bond donors (Lipinski definition) is 2. The zero-order valence-electron chi connectivity index (χ0n) is 8.26. The molecule has 0 aromatic carbocycles. The van der Waals surface area contributed by atoms with Crippen LogP contribution in [0.2, 0.25) is 0 Å². The second kappa shape index (κ2) is 3.32. The van der Waals surface area contributed by atoms with Crippen molar-refractivity contribution in [1.29, 1.82) is 0 Å². The highest BCUT2D eigenvalue weighted by Crippen LogP contribution is 2.24. The fraction of sp³-hybridized carbons (Fsp3) is 0.556. The molecule has 0 aliphatic carbocycles. The number of amides is 1.